The highest BCUT2D eigenvalue weighted by Crippen LogP contribution is 2.29. The summed E-state index contributed by atoms with van der Waals surface area (Å²) >= 11 is 0.570. The molecule has 4 heterocycles. The number of aromatic amines is 1. The van der Waals surface area contributed by atoms with Crippen molar-refractivity contribution in [1.29, 1.82) is 0 Å². The SMILES string of the molecule is CCCC[C@H]1C(=O)N2C[C@H](O)C[C@@H]2C(=O)N[C@@H](CC(=O)O)C(=O)N[C@@H](C(C)C)C(=O)N(C)[C@@H](Cc2ccccc2)C(=O)N[C@@H](CCC(=O)O)C(=O)N2C[C@H](O)C[C@@H]2C(=O)N[C@@H](Cc2c[nH]c3ccccc23)C(=O)N[C@@H](Cc2ccc(O)cc2)C(=O)N[C@@H](CCC(N)=O)C(=O)N[C@H](C(=O)NCC(N)=O)CSCC(=O)N[C@@H](Cc2cc(F)c(F)c(F)c2)C(=O)N(C)[C@@H](Cc2ccccc2)C(=O)N1C. The summed E-state index contributed by atoms with van der Waals surface area (Å²) in [6.45, 7) is 2.58. The average molecular weight is 1920 g/mol. The number of phenolic OH excluding ortho intramolecular Hbond substituents is 1. The first kappa shape index (κ1) is 106. The number of thioether (sulfide) groups is 1. The molecule has 16 amide bonds. The second-order valence-corrected chi connectivity index (χ2v) is 35.2. The predicted molar refractivity (Wildman–Crippen MR) is 483 cm³/mol. The molecule has 0 saturated carbocycles. The number of hydrogen-bond donors (Lipinski definition) is 17. The number of aliphatic hydroxyl groups excluding tert-OH is 2. The molecule has 0 unspecified atom stereocenters. The van der Waals surface area contributed by atoms with Gasteiger partial charge in [-0.3, -0.25) is 86.3 Å². The largest absolute Gasteiger partial charge is 0.508 e. The van der Waals surface area contributed by atoms with E-state index < -0.39 is 321 Å². The number of carbonyl (C=O) groups is 18. The number of unbranched alkanes of at least 4 members (excludes halogenated alkanes) is 1. The number of hydrogen-bond acceptors (Lipinski definition) is 22. The van der Waals surface area contributed by atoms with Crippen LogP contribution < -0.4 is 59.3 Å². The Morgan fingerprint density at radius 2 is 0.993 bits per heavy atom. The number of nitrogens with two attached hydrogens (primary N) is 2. The monoisotopic (exact) mass is 1910 g/mol. The number of H-pyrrole nitrogens is 1. The lowest BCUT2D eigenvalue weighted by Gasteiger charge is -2.38. The van der Waals surface area contributed by atoms with Gasteiger partial charge in [0.2, 0.25) is 94.5 Å². The van der Waals surface area contributed by atoms with E-state index in [1.807, 2.05) is 0 Å². The Balaban J connectivity index is 1.15. The number of phenols is 1. The van der Waals surface area contributed by atoms with Crippen LogP contribution in [0.2, 0.25) is 0 Å². The minimum atomic E-state index is -2.09. The van der Waals surface area contributed by atoms with E-state index in [2.05, 4.69) is 52.8 Å². The fourth-order valence-corrected chi connectivity index (χ4v) is 17.2. The molecule has 3 aliphatic heterocycles. The number of primary amides is 2. The van der Waals surface area contributed by atoms with Gasteiger partial charge in [0, 0.05) is 115 Å². The van der Waals surface area contributed by atoms with Crippen molar-refractivity contribution in [1.82, 2.24) is 77.3 Å². The minimum absolute atomic E-state index is 0.167. The molecular formula is C92H114F3N17O23S. The summed E-state index contributed by atoms with van der Waals surface area (Å²) in [5.41, 5.74) is 12.5. The van der Waals surface area contributed by atoms with Gasteiger partial charge in [0.1, 0.15) is 84.3 Å². The third-order valence-corrected chi connectivity index (χ3v) is 24.7. The van der Waals surface area contributed by atoms with Crippen molar-refractivity contribution in [3.05, 3.63) is 173 Å². The molecule has 0 aliphatic carbocycles. The predicted octanol–water partition coefficient (Wildman–Crippen LogP) is -1.11. The van der Waals surface area contributed by atoms with E-state index >= 15 is 51.9 Å². The number of aliphatic carboxylic acids is 2. The molecule has 1 aromatic heterocycles. The van der Waals surface area contributed by atoms with Gasteiger partial charge in [-0.25, -0.2) is 13.2 Å². The summed E-state index contributed by atoms with van der Waals surface area (Å²) in [5.74, 6) is -29.1. The molecule has 9 rings (SSSR count). The van der Waals surface area contributed by atoms with E-state index in [0.29, 0.717) is 57.9 Å². The number of carboxylic acids is 2. The number of aromatic hydroxyl groups is 1. The van der Waals surface area contributed by atoms with Gasteiger partial charge in [-0.2, -0.15) is 0 Å². The summed E-state index contributed by atoms with van der Waals surface area (Å²) in [4.78, 5) is 270. The summed E-state index contributed by atoms with van der Waals surface area (Å²) in [6, 6.07) is 5.48. The lowest BCUT2D eigenvalue weighted by molar-refractivity contribution is -0.152. The van der Waals surface area contributed by atoms with Gasteiger partial charge in [0.05, 0.1) is 30.9 Å². The van der Waals surface area contributed by atoms with Crippen LogP contribution in [-0.2, 0) is 118 Å². The number of para-hydroxylation sites is 1. The molecule has 40 nitrogen and oxygen atoms in total. The maximum atomic E-state index is 15.7. The Bertz CT molecular complexity index is 5350. The fourth-order valence-electron chi connectivity index (χ4n) is 16.3. The van der Waals surface area contributed by atoms with Crippen LogP contribution >= 0.6 is 11.8 Å². The van der Waals surface area contributed by atoms with Gasteiger partial charge in [0.15, 0.2) is 17.5 Å². The van der Waals surface area contributed by atoms with Gasteiger partial charge < -0.3 is 114 Å². The van der Waals surface area contributed by atoms with Crippen molar-refractivity contribution in [3.63, 3.8) is 0 Å². The number of aliphatic hydroxyl groups is 2. The van der Waals surface area contributed by atoms with Gasteiger partial charge in [-0.05, 0) is 83.3 Å². The molecule has 6 aromatic rings. The Kier molecular flexibility index (Phi) is 38.3. The number of benzene rings is 5. The zero-order chi connectivity index (χ0) is 99.6. The highest BCUT2D eigenvalue weighted by molar-refractivity contribution is 8.00. The molecule has 44 heteroatoms. The summed E-state index contributed by atoms with van der Waals surface area (Å²) in [6.07, 6.45) is -8.69. The van der Waals surface area contributed by atoms with Crippen molar-refractivity contribution in [3.8, 4) is 5.75 Å². The minimum Gasteiger partial charge on any atom is -0.508 e. The first-order valence-corrected chi connectivity index (χ1v) is 45.3. The Morgan fingerprint density at radius 1 is 0.493 bits per heavy atom. The number of nitrogens with zero attached hydrogens (tertiary/aromatic N) is 5. The first-order valence-electron chi connectivity index (χ1n) is 44.1. The molecular weight excluding hydrogens is 1800 g/mol. The molecule has 136 heavy (non-hydrogen) atoms. The molecule has 732 valence electrons. The summed E-state index contributed by atoms with van der Waals surface area (Å²) in [5, 5.41) is 76.6. The maximum Gasteiger partial charge on any atom is 0.305 e. The van der Waals surface area contributed by atoms with Gasteiger partial charge >= 0.3 is 11.9 Å². The van der Waals surface area contributed by atoms with Crippen molar-refractivity contribution in [2.24, 2.45) is 17.4 Å². The van der Waals surface area contributed by atoms with E-state index in [9.17, 15) is 73.1 Å². The van der Waals surface area contributed by atoms with Crippen molar-refractivity contribution < 1.29 is 125 Å². The molecule has 0 radical (unpaired) electrons. The molecule has 3 saturated heterocycles. The van der Waals surface area contributed by atoms with Crippen LogP contribution in [0.4, 0.5) is 13.2 Å². The Labute approximate surface area is 783 Å². The van der Waals surface area contributed by atoms with Crippen molar-refractivity contribution >= 4 is 129 Å². The first-order chi connectivity index (χ1) is 64.5. The molecule has 5 aromatic carbocycles. The van der Waals surface area contributed by atoms with E-state index in [1.54, 1.807) is 91.9 Å². The van der Waals surface area contributed by atoms with E-state index in [1.165, 1.54) is 51.4 Å². The molecule has 19 N–H and O–H groups in total. The second kappa shape index (κ2) is 49.3. The zero-order valence-corrected chi connectivity index (χ0v) is 76.3. The number of fused-ring (bicyclic) bond motifs is 3. The molecule has 0 bridgehead atoms. The highest BCUT2D eigenvalue weighted by Gasteiger charge is 2.48. The molecule has 0 spiro atoms. The standard InChI is InChI=1S/C92H114F3N17O23S/c1-7-8-23-68-91(134)112-45-56(115)40-71(112)87(130)105-65(41-77(121)122)84(127)107-79(48(2)3)92(135)109(5)69(36-49-17-11-9-12-18-49)85(128)102-62(29-31-76(119)120)89(132)111-44-55(114)39-70(111)86(129)104-64(38-53-42-98-60-22-16-15-21-57(53)60)83(126)103-63(34-51-24-26-54(113)27-25-51)82(125)101-61(28-30-73(96)116)81(124)106-67(80(123)99-43-74(97)117)46-136-47-75(118)100-66(35-52-32-58(93)78(95)59(94)33-52)88(131)110(6)72(90(133)108(68)4)37-50-19-13-10-14-20-50/h9-22,24-27,32-33,42,48,55-56,61-72,79,98,113-115H,7-8,23,28-31,34-41,43-47H2,1-6H3,(H2,96,116)(H2,97,117)(H,99,123)(H,100,118)(H,101,125)(H,102,128)(H,103,126)(H,104,129)(H,105,130)(H,106,124)(H,107,127)(H,119,120)(H,121,122)/t55-,56-,61+,62+,63+,64+,65+,66+,67+,68+,69+,70-,71-,72+,79+/m1/s1. The van der Waals surface area contributed by atoms with Crippen LogP contribution in [0, 0.1) is 23.4 Å². The number of carboxylic acid groups (broad SMARTS) is 2. The Hall–Kier alpha value is -14.0. The van der Waals surface area contributed by atoms with Crippen molar-refractivity contribution in [2.75, 3.05) is 52.3 Å². The lowest BCUT2D eigenvalue weighted by atomic mass is 9.98. The third kappa shape index (κ3) is 29.2. The number of amides is 16. The van der Waals surface area contributed by atoms with Crippen LogP contribution in [-0.4, -0.2) is 305 Å². The van der Waals surface area contributed by atoms with Crippen LogP contribution in [0.15, 0.2) is 128 Å². The van der Waals surface area contributed by atoms with E-state index in [4.69, 9.17) is 11.5 Å². The topological polar surface area (TPSA) is 601 Å². The zero-order valence-electron chi connectivity index (χ0n) is 75.5. The smallest absolute Gasteiger partial charge is 0.305 e. The second-order valence-electron chi connectivity index (χ2n) is 34.2. The van der Waals surface area contributed by atoms with Crippen LogP contribution in [0.1, 0.15) is 113 Å². The maximum absolute atomic E-state index is 15.7. The van der Waals surface area contributed by atoms with Gasteiger partial charge in [-0.1, -0.05) is 125 Å². The molecule has 3 fully saturated rings. The number of likely N-dealkylation sites (N-methyl/N-ethyl adjacent to an activating group) is 3. The Morgan fingerprint density at radius 3 is 1.57 bits per heavy atom. The third-order valence-electron chi connectivity index (χ3n) is 23.7. The van der Waals surface area contributed by atoms with Gasteiger partial charge in [-0.15, -0.1) is 11.8 Å². The fraction of sp³-hybridized carbons (Fsp3) is 0.457. The highest BCUT2D eigenvalue weighted by atomic mass is 32.2. The summed E-state index contributed by atoms with van der Waals surface area (Å²) in [7, 11) is 3.49. The van der Waals surface area contributed by atoms with Crippen LogP contribution in [0.25, 0.3) is 10.9 Å². The average Bonchev–Trinajstić information content (AvgIpc) is 1.78. The van der Waals surface area contributed by atoms with Crippen molar-refractivity contribution in [2.45, 2.75) is 208 Å². The number of rotatable bonds is 25. The van der Waals surface area contributed by atoms with Gasteiger partial charge in [0.25, 0.3) is 0 Å². The van der Waals surface area contributed by atoms with E-state index in [0.717, 1.165) is 38.6 Å². The number of nitrogens with one attached hydrogen (secondary N) is 10. The van der Waals surface area contributed by atoms with Crippen LogP contribution in [0.5, 0.6) is 5.75 Å². The normalized spacial score (nSPS) is 24.3. The molecule has 15 atom stereocenters. The number of carbonyl (C=O) groups excluding carboxylic acids is 16. The number of aromatic nitrogens is 1. The number of halogens is 3. The molecule has 3 aliphatic rings. The quantitative estimate of drug-likeness (QED) is 0.0302. The van der Waals surface area contributed by atoms with Crippen LogP contribution in [0.3, 0.4) is 0 Å². The summed E-state index contributed by atoms with van der Waals surface area (Å²) < 4.78 is 45.1. The van der Waals surface area contributed by atoms with E-state index in [-0.39, 0.29) is 37.0 Å². The lowest BCUT2D eigenvalue weighted by Crippen LogP contribution is -2.62.